The fourth-order valence-electron chi connectivity index (χ4n) is 2.84. The summed E-state index contributed by atoms with van der Waals surface area (Å²) in [4.78, 5) is 38.8. The molecule has 2 aromatic rings. The third-order valence-electron chi connectivity index (χ3n) is 4.43. The number of benzene rings is 2. The molecule has 1 aliphatic rings. The number of carbonyl (C=O) groups is 3. The van der Waals surface area contributed by atoms with Gasteiger partial charge in [0.05, 0.1) is 18.4 Å². The number of amides is 2. The normalized spacial score (nSPS) is 13.0. The average Bonchev–Trinajstić information content (AvgIpc) is 2.91. The van der Waals surface area contributed by atoms with Gasteiger partial charge in [-0.05, 0) is 24.3 Å². The summed E-state index contributed by atoms with van der Waals surface area (Å²) in [7, 11) is 3.21. The van der Waals surface area contributed by atoms with E-state index in [-0.39, 0.29) is 24.0 Å². The molecule has 0 bridgehead atoms. The second-order valence-corrected chi connectivity index (χ2v) is 7.63. The van der Waals surface area contributed by atoms with Crippen LogP contribution in [0.2, 0.25) is 0 Å². The highest BCUT2D eigenvalue weighted by molar-refractivity contribution is 7.99. The summed E-state index contributed by atoms with van der Waals surface area (Å²) < 4.78 is 10.5. The lowest BCUT2D eigenvalue weighted by Crippen LogP contribution is -2.31. The van der Waals surface area contributed by atoms with Crippen LogP contribution in [0.25, 0.3) is 0 Å². The largest absolute Gasteiger partial charge is 0.496 e. The Kier molecular flexibility index (Phi) is 6.77. The number of anilines is 1. The molecule has 2 aromatic carbocycles. The Morgan fingerprint density at radius 3 is 2.79 bits per heavy atom. The molecule has 0 fully saturated rings. The fraction of sp³-hybridized carbons (Fsp3) is 0.286. The number of likely N-dealkylation sites (N-methyl/N-ethyl adjacent to an activating group) is 1. The number of ether oxygens (including phenoxy) is 2. The van der Waals surface area contributed by atoms with Gasteiger partial charge in [0, 0.05) is 36.2 Å². The Morgan fingerprint density at radius 2 is 2.00 bits per heavy atom. The highest BCUT2D eigenvalue weighted by atomic mass is 32.2. The van der Waals surface area contributed by atoms with Crippen molar-refractivity contribution >= 4 is 35.2 Å². The van der Waals surface area contributed by atoms with Gasteiger partial charge in [0.15, 0.2) is 6.61 Å². The molecule has 0 spiro atoms. The van der Waals surface area contributed by atoms with Crippen molar-refractivity contribution in [3.8, 4) is 5.75 Å². The van der Waals surface area contributed by atoms with Gasteiger partial charge < -0.3 is 19.7 Å². The molecule has 0 radical (unpaired) electrons. The van der Waals surface area contributed by atoms with E-state index < -0.39 is 5.97 Å². The summed E-state index contributed by atoms with van der Waals surface area (Å²) in [5.74, 6) is 0.345. The first-order valence-corrected chi connectivity index (χ1v) is 10.1. The molecule has 0 aromatic heterocycles. The van der Waals surface area contributed by atoms with Crippen molar-refractivity contribution in [3.63, 3.8) is 0 Å². The zero-order valence-electron chi connectivity index (χ0n) is 16.3. The minimum absolute atomic E-state index is 0.0880. The van der Waals surface area contributed by atoms with Crippen LogP contribution in [-0.4, -0.2) is 49.2 Å². The maximum Gasteiger partial charge on any atom is 0.338 e. The topological polar surface area (TPSA) is 84.9 Å². The van der Waals surface area contributed by atoms with Crippen LogP contribution in [0.15, 0.2) is 47.4 Å². The number of carbonyl (C=O) groups excluding carboxylic acids is 3. The monoisotopic (exact) mass is 414 g/mol. The van der Waals surface area contributed by atoms with Gasteiger partial charge in [-0.2, -0.15) is 0 Å². The molecular formula is C21H22N2O5S. The van der Waals surface area contributed by atoms with Crippen LogP contribution < -0.4 is 10.1 Å². The Morgan fingerprint density at radius 1 is 1.21 bits per heavy atom. The number of nitrogens with one attached hydrogen (secondary N) is 1. The molecule has 3 rings (SSSR count). The van der Waals surface area contributed by atoms with E-state index in [9.17, 15) is 14.4 Å². The van der Waals surface area contributed by atoms with E-state index in [0.29, 0.717) is 30.2 Å². The van der Waals surface area contributed by atoms with Crippen molar-refractivity contribution in [2.24, 2.45) is 0 Å². The van der Waals surface area contributed by atoms with Gasteiger partial charge in [0.25, 0.3) is 5.91 Å². The van der Waals surface area contributed by atoms with Gasteiger partial charge in [-0.1, -0.05) is 18.2 Å². The SMILES string of the molecule is COc1ccccc1CN(C)C(=O)COC(=O)c1ccc2c(c1)NC(=O)CCS2. The average molecular weight is 414 g/mol. The Labute approximate surface area is 173 Å². The van der Waals surface area contributed by atoms with Crippen LogP contribution in [0.3, 0.4) is 0 Å². The number of rotatable bonds is 6. The summed E-state index contributed by atoms with van der Waals surface area (Å²) in [6.07, 6.45) is 0.423. The van der Waals surface area contributed by atoms with E-state index in [4.69, 9.17) is 9.47 Å². The highest BCUT2D eigenvalue weighted by Gasteiger charge is 2.18. The van der Waals surface area contributed by atoms with E-state index in [1.807, 2.05) is 24.3 Å². The summed E-state index contributed by atoms with van der Waals surface area (Å²) >= 11 is 1.55. The van der Waals surface area contributed by atoms with Gasteiger partial charge in [-0.3, -0.25) is 9.59 Å². The fourth-order valence-corrected chi connectivity index (χ4v) is 3.78. The molecule has 8 heteroatoms. The lowest BCUT2D eigenvalue weighted by molar-refractivity contribution is -0.133. The van der Waals surface area contributed by atoms with Crippen molar-refractivity contribution in [2.45, 2.75) is 17.9 Å². The quantitative estimate of drug-likeness (QED) is 0.732. The first-order chi connectivity index (χ1) is 14.0. The molecule has 0 saturated heterocycles. The first-order valence-electron chi connectivity index (χ1n) is 9.07. The number of hydrogen-bond donors (Lipinski definition) is 1. The van der Waals surface area contributed by atoms with Gasteiger partial charge in [0.1, 0.15) is 5.75 Å². The smallest absolute Gasteiger partial charge is 0.338 e. The third kappa shape index (κ3) is 5.29. The van der Waals surface area contributed by atoms with Crippen LogP contribution in [0, 0.1) is 0 Å². The molecule has 0 atom stereocenters. The first kappa shape index (κ1) is 20.7. The van der Waals surface area contributed by atoms with Crippen molar-refractivity contribution in [1.29, 1.82) is 0 Å². The van der Waals surface area contributed by atoms with Gasteiger partial charge in [-0.15, -0.1) is 11.8 Å². The predicted octanol–water partition coefficient (Wildman–Crippen LogP) is 2.94. The van der Waals surface area contributed by atoms with Crippen LogP contribution in [-0.2, 0) is 20.9 Å². The van der Waals surface area contributed by atoms with Gasteiger partial charge in [0.2, 0.25) is 5.91 Å². The number of nitrogens with zero attached hydrogens (tertiary/aromatic N) is 1. The van der Waals surface area contributed by atoms with Crippen LogP contribution in [0.4, 0.5) is 5.69 Å². The molecule has 1 heterocycles. The standard InChI is InChI=1S/C21H22N2O5S/c1-23(12-15-5-3-4-6-17(15)27-2)20(25)13-28-21(26)14-7-8-18-16(11-14)22-19(24)9-10-29-18/h3-8,11H,9-10,12-13H2,1-2H3,(H,22,24). The third-order valence-corrected chi connectivity index (χ3v) is 5.50. The number of hydrogen-bond acceptors (Lipinski definition) is 6. The second-order valence-electron chi connectivity index (χ2n) is 6.50. The number of para-hydroxylation sites is 1. The molecule has 29 heavy (non-hydrogen) atoms. The van der Waals surface area contributed by atoms with Crippen molar-refractivity contribution in [2.75, 3.05) is 31.8 Å². The number of fused-ring (bicyclic) bond motifs is 1. The molecule has 2 amide bonds. The maximum absolute atomic E-state index is 12.4. The van der Waals surface area contributed by atoms with E-state index in [1.165, 1.54) is 4.90 Å². The van der Waals surface area contributed by atoms with Crippen molar-refractivity contribution in [1.82, 2.24) is 4.90 Å². The van der Waals surface area contributed by atoms with Gasteiger partial charge >= 0.3 is 5.97 Å². The molecule has 7 nitrogen and oxygen atoms in total. The van der Waals surface area contributed by atoms with Crippen LogP contribution in [0.5, 0.6) is 5.75 Å². The van der Waals surface area contributed by atoms with E-state index in [1.54, 1.807) is 44.1 Å². The number of thioether (sulfide) groups is 1. The Hall–Kier alpha value is -3.00. The Balaban J connectivity index is 1.58. The molecule has 0 saturated carbocycles. The molecule has 1 aliphatic heterocycles. The molecule has 1 N–H and O–H groups in total. The summed E-state index contributed by atoms with van der Waals surface area (Å²) in [5, 5.41) is 2.78. The maximum atomic E-state index is 12.4. The zero-order valence-corrected chi connectivity index (χ0v) is 17.1. The minimum Gasteiger partial charge on any atom is -0.496 e. The van der Waals surface area contributed by atoms with Crippen LogP contribution in [0.1, 0.15) is 22.3 Å². The van der Waals surface area contributed by atoms with E-state index in [0.717, 1.165) is 10.5 Å². The minimum atomic E-state index is -0.615. The van der Waals surface area contributed by atoms with E-state index >= 15 is 0 Å². The highest BCUT2D eigenvalue weighted by Crippen LogP contribution is 2.31. The zero-order chi connectivity index (χ0) is 20.8. The Bertz CT molecular complexity index is 931. The lowest BCUT2D eigenvalue weighted by Gasteiger charge is -2.18. The van der Waals surface area contributed by atoms with E-state index in [2.05, 4.69) is 5.32 Å². The van der Waals surface area contributed by atoms with Crippen molar-refractivity contribution in [3.05, 3.63) is 53.6 Å². The van der Waals surface area contributed by atoms with Gasteiger partial charge in [-0.25, -0.2) is 4.79 Å². The van der Waals surface area contributed by atoms with Crippen molar-refractivity contribution < 1.29 is 23.9 Å². The van der Waals surface area contributed by atoms with Crippen LogP contribution >= 0.6 is 11.8 Å². The number of methoxy groups -OCH3 is 1. The predicted molar refractivity (Wildman–Crippen MR) is 110 cm³/mol. The molecule has 152 valence electrons. The summed E-state index contributed by atoms with van der Waals surface area (Å²) in [6.45, 7) is -0.0365. The summed E-state index contributed by atoms with van der Waals surface area (Å²) in [5.41, 5.74) is 1.73. The number of esters is 1. The molecule has 0 aliphatic carbocycles. The lowest BCUT2D eigenvalue weighted by atomic mass is 10.2. The molecule has 0 unspecified atom stereocenters. The summed E-state index contributed by atoms with van der Waals surface area (Å²) in [6, 6.07) is 12.4. The molecular weight excluding hydrogens is 392 g/mol. The second kappa shape index (κ2) is 9.47.